The number of hydrogen-bond donors (Lipinski definition) is 1. The van der Waals surface area contributed by atoms with Crippen LogP contribution in [0.1, 0.15) is 26.2 Å². The molecule has 1 rings (SSSR count). The number of hydrogen-bond acceptors (Lipinski definition) is 3. The molecule has 0 aromatic carbocycles. The molecule has 1 aliphatic rings. The Morgan fingerprint density at radius 3 is 2.62 bits per heavy atom. The Bertz CT molecular complexity index is 113. The molecule has 0 aliphatic carbocycles. The molecule has 1 aliphatic heterocycles. The van der Waals surface area contributed by atoms with E-state index in [0.29, 0.717) is 6.10 Å². The first-order valence-electron chi connectivity index (χ1n) is 5.33. The molecule has 13 heavy (non-hydrogen) atoms. The Hall–Kier alpha value is -0.120. The molecule has 1 heterocycles. The Balaban J connectivity index is 1.86. The van der Waals surface area contributed by atoms with Gasteiger partial charge in [0, 0.05) is 6.61 Å². The van der Waals surface area contributed by atoms with Gasteiger partial charge in [0.05, 0.1) is 19.3 Å². The predicted octanol–water partition coefficient (Wildman–Crippen LogP) is 1.18. The maximum atomic E-state index is 5.66. The molecular weight excluding hydrogens is 166 g/mol. The van der Waals surface area contributed by atoms with Crippen LogP contribution in [0.4, 0.5) is 0 Å². The van der Waals surface area contributed by atoms with Crippen LogP contribution >= 0.6 is 0 Å². The standard InChI is InChI=1S/C10H21NO2/c1-2-7-12-8-9-13-10-3-5-11-6-4-10/h10-11H,2-9H2,1H3. The van der Waals surface area contributed by atoms with Crippen LogP contribution in [0.5, 0.6) is 0 Å². The Morgan fingerprint density at radius 2 is 1.92 bits per heavy atom. The van der Waals surface area contributed by atoms with Gasteiger partial charge in [-0.25, -0.2) is 0 Å². The van der Waals surface area contributed by atoms with Crippen LogP contribution in [-0.2, 0) is 9.47 Å². The first-order valence-corrected chi connectivity index (χ1v) is 5.33. The minimum absolute atomic E-state index is 0.464. The molecule has 0 saturated carbocycles. The van der Waals surface area contributed by atoms with Crippen molar-refractivity contribution in [2.45, 2.75) is 32.3 Å². The molecule has 1 saturated heterocycles. The van der Waals surface area contributed by atoms with Gasteiger partial charge >= 0.3 is 0 Å². The average molecular weight is 187 g/mol. The number of rotatable bonds is 6. The van der Waals surface area contributed by atoms with E-state index in [1.54, 1.807) is 0 Å². The number of piperidine rings is 1. The van der Waals surface area contributed by atoms with Gasteiger partial charge in [-0.3, -0.25) is 0 Å². The van der Waals surface area contributed by atoms with Crippen molar-refractivity contribution in [3.8, 4) is 0 Å². The van der Waals surface area contributed by atoms with Crippen molar-refractivity contribution in [3.63, 3.8) is 0 Å². The first-order chi connectivity index (χ1) is 6.43. The minimum Gasteiger partial charge on any atom is -0.379 e. The zero-order valence-corrected chi connectivity index (χ0v) is 8.55. The lowest BCUT2D eigenvalue weighted by Gasteiger charge is -2.22. The zero-order chi connectivity index (χ0) is 9.36. The quantitative estimate of drug-likeness (QED) is 0.633. The Labute approximate surface area is 80.8 Å². The van der Waals surface area contributed by atoms with E-state index in [4.69, 9.17) is 9.47 Å². The zero-order valence-electron chi connectivity index (χ0n) is 8.55. The molecule has 0 radical (unpaired) electrons. The Kier molecular flexibility index (Phi) is 6.15. The second-order valence-corrected chi connectivity index (χ2v) is 3.43. The topological polar surface area (TPSA) is 30.5 Å². The van der Waals surface area contributed by atoms with Gasteiger partial charge in [0.2, 0.25) is 0 Å². The monoisotopic (exact) mass is 187 g/mol. The molecule has 1 N–H and O–H groups in total. The highest BCUT2D eigenvalue weighted by atomic mass is 16.5. The van der Waals surface area contributed by atoms with Crippen LogP contribution in [0, 0.1) is 0 Å². The Morgan fingerprint density at radius 1 is 1.15 bits per heavy atom. The first kappa shape index (κ1) is 11.0. The molecular formula is C10H21NO2. The van der Waals surface area contributed by atoms with Crippen LogP contribution < -0.4 is 5.32 Å². The molecule has 0 aromatic heterocycles. The normalized spacial score (nSPS) is 19.2. The number of ether oxygens (including phenoxy) is 2. The minimum atomic E-state index is 0.464. The van der Waals surface area contributed by atoms with Crippen molar-refractivity contribution in [2.24, 2.45) is 0 Å². The lowest BCUT2D eigenvalue weighted by atomic mass is 10.1. The van der Waals surface area contributed by atoms with E-state index < -0.39 is 0 Å². The fraction of sp³-hybridized carbons (Fsp3) is 1.00. The molecule has 3 heteroatoms. The summed E-state index contributed by atoms with van der Waals surface area (Å²) in [6.07, 6.45) is 3.85. The predicted molar refractivity (Wildman–Crippen MR) is 53.0 cm³/mol. The summed E-state index contributed by atoms with van der Waals surface area (Å²) in [5, 5.41) is 3.31. The van der Waals surface area contributed by atoms with E-state index in [-0.39, 0.29) is 0 Å². The van der Waals surface area contributed by atoms with Gasteiger partial charge in [-0.1, -0.05) is 6.92 Å². The SMILES string of the molecule is CCCOCCOC1CCNCC1. The smallest absolute Gasteiger partial charge is 0.0704 e. The third kappa shape index (κ3) is 5.24. The highest BCUT2D eigenvalue weighted by Gasteiger charge is 2.12. The fourth-order valence-electron chi connectivity index (χ4n) is 1.48. The van der Waals surface area contributed by atoms with Crippen LogP contribution in [0.3, 0.4) is 0 Å². The highest BCUT2D eigenvalue weighted by molar-refractivity contribution is 4.67. The van der Waals surface area contributed by atoms with Crippen molar-refractivity contribution < 1.29 is 9.47 Å². The van der Waals surface area contributed by atoms with Gasteiger partial charge < -0.3 is 14.8 Å². The van der Waals surface area contributed by atoms with Gasteiger partial charge in [-0.15, -0.1) is 0 Å². The largest absolute Gasteiger partial charge is 0.379 e. The molecule has 1 fully saturated rings. The summed E-state index contributed by atoms with van der Waals surface area (Å²) in [4.78, 5) is 0. The highest BCUT2D eigenvalue weighted by Crippen LogP contribution is 2.06. The van der Waals surface area contributed by atoms with Gasteiger partial charge in [-0.05, 0) is 32.4 Å². The van der Waals surface area contributed by atoms with E-state index >= 15 is 0 Å². The lowest BCUT2D eigenvalue weighted by molar-refractivity contribution is -0.00700. The van der Waals surface area contributed by atoms with Crippen LogP contribution in [-0.4, -0.2) is 39.0 Å². The second-order valence-electron chi connectivity index (χ2n) is 3.43. The van der Waals surface area contributed by atoms with Gasteiger partial charge in [0.15, 0.2) is 0 Å². The molecule has 0 amide bonds. The maximum Gasteiger partial charge on any atom is 0.0704 e. The van der Waals surface area contributed by atoms with Crippen molar-refractivity contribution in [2.75, 3.05) is 32.9 Å². The van der Waals surface area contributed by atoms with E-state index in [1.165, 1.54) is 0 Å². The second kappa shape index (κ2) is 7.30. The van der Waals surface area contributed by atoms with Crippen molar-refractivity contribution in [3.05, 3.63) is 0 Å². The molecule has 0 aromatic rings. The van der Waals surface area contributed by atoms with E-state index in [1.807, 2.05) is 0 Å². The summed E-state index contributed by atoms with van der Waals surface area (Å²) in [6.45, 7) is 6.67. The van der Waals surface area contributed by atoms with Crippen molar-refractivity contribution in [1.82, 2.24) is 5.32 Å². The van der Waals surface area contributed by atoms with Gasteiger partial charge in [-0.2, -0.15) is 0 Å². The fourth-order valence-corrected chi connectivity index (χ4v) is 1.48. The molecule has 0 unspecified atom stereocenters. The van der Waals surface area contributed by atoms with E-state index in [2.05, 4.69) is 12.2 Å². The lowest BCUT2D eigenvalue weighted by Crippen LogP contribution is -2.33. The molecule has 0 spiro atoms. The van der Waals surface area contributed by atoms with E-state index in [0.717, 1.165) is 52.2 Å². The van der Waals surface area contributed by atoms with Crippen molar-refractivity contribution in [1.29, 1.82) is 0 Å². The summed E-state index contributed by atoms with van der Waals surface area (Å²) in [5.41, 5.74) is 0. The molecule has 78 valence electrons. The third-order valence-electron chi connectivity index (χ3n) is 2.22. The van der Waals surface area contributed by atoms with Gasteiger partial charge in [0.1, 0.15) is 0 Å². The van der Waals surface area contributed by atoms with Crippen LogP contribution in [0.25, 0.3) is 0 Å². The average Bonchev–Trinajstić information content (AvgIpc) is 2.19. The summed E-state index contributed by atoms with van der Waals surface area (Å²) in [5.74, 6) is 0. The molecule has 0 atom stereocenters. The van der Waals surface area contributed by atoms with Gasteiger partial charge in [0.25, 0.3) is 0 Å². The number of nitrogens with one attached hydrogen (secondary N) is 1. The third-order valence-corrected chi connectivity index (χ3v) is 2.22. The van der Waals surface area contributed by atoms with Crippen molar-refractivity contribution >= 4 is 0 Å². The van der Waals surface area contributed by atoms with Crippen LogP contribution in [0.2, 0.25) is 0 Å². The molecule has 3 nitrogen and oxygen atoms in total. The van der Waals surface area contributed by atoms with E-state index in [9.17, 15) is 0 Å². The summed E-state index contributed by atoms with van der Waals surface area (Å²) in [7, 11) is 0. The maximum absolute atomic E-state index is 5.66. The summed E-state index contributed by atoms with van der Waals surface area (Å²) < 4.78 is 11.0. The summed E-state index contributed by atoms with van der Waals surface area (Å²) >= 11 is 0. The van der Waals surface area contributed by atoms with Crippen LogP contribution in [0.15, 0.2) is 0 Å². The summed E-state index contributed by atoms with van der Waals surface area (Å²) in [6, 6.07) is 0. The molecule has 0 bridgehead atoms.